The lowest BCUT2D eigenvalue weighted by Gasteiger charge is -2.35. The average Bonchev–Trinajstić information content (AvgIpc) is 2.69. The van der Waals surface area contributed by atoms with E-state index in [9.17, 15) is 4.79 Å². The van der Waals surface area contributed by atoms with Gasteiger partial charge in [0.05, 0.1) is 22.9 Å². The predicted octanol–water partition coefficient (Wildman–Crippen LogP) is 2.82. The minimum atomic E-state index is 0.101. The fourth-order valence-corrected chi connectivity index (χ4v) is 3.39. The minimum Gasteiger partial charge on any atom is -0.372 e. The maximum atomic E-state index is 12.6. The van der Waals surface area contributed by atoms with Crippen molar-refractivity contribution < 1.29 is 9.53 Å². The van der Waals surface area contributed by atoms with Crippen molar-refractivity contribution in [2.75, 3.05) is 13.1 Å². The molecule has 2 heterocycles. The zero-order valence-corrected chi connectivity index (χ0v) is 13.1. The van der Waals surface area contributed by atoms with Gasteiger partial charge in [0.2, 0.25) is 0 Å². The molecule has 0 bridgehead atoms. The van der Waals surface area contributed by atoms with Crippen molar-refractivity contribution >= 4 is 17.2 Å². The first kappa shape index (κ1) is 14.5. The molecule has 1 aliphatic rings. The smallest absolute Gasteiger partial charge is 0.266 e. The highest BCUT2D eigenvalue weighted by molar-refractivity contribution is 7.13. The molecule has 0 unspecified atom stereocenters. The van der Waals surface area contributed by atoms with E-state index in [1.165, 1.54) is 11.3 Å². The van der Waals surface area contributed by atoms with Crippen LogP contribution in [0.25, 0.3) is 0 Å². The Balaban J connectivity index is 2.19. The normalized spacial score (nSPS) is 24.0. The number of aromatic nitrogens is 1. The lowest BCUT2D eigenvalue weighted by molar-refractivity contribution is -0.0585. The zero-order chi connectivity index (χ0) is 14.2. The summed E-state index contributed by atoms with van der Waals surface area (Å²) in [5, 5.41) is 1.04. The van der Waals surface area contributed by atoms with Crippen LogP contribution in [0.1, 0.15) is 54.0 Å². The average molecular weight is 282 g/mol. The third-order valence-corrected chi connectivity index (χ3v) is 4.65. The van der Waals surface area contributed by atoms with Gasteiger partial charge in [-0.1, -0.05) is 13.8 Å². The van der Waals surface area contributed by atoms with E-state index < -0.39 is 0 Å². The van der Waals surface area contributed by atoms with Crippen molar-refractivity contribution in [3.8, 4) is 0 Å². The standard InChI is InChI=1S/C14H22N2O2S/c1-8(2)13-15-11(5)12(19-13)14(17)16-6-9(3)18-10(4)7-16/h8-10H,6-7H2,1-5H3/t9-,10+. The third-order valence-electron chi connectivity index (χ3n) is 3.21. The van der Waals surface area contributed by atoms with Crippen LogP contribution in [0.15, 0.2) is 0 Å². The molecule has 2 atom stereocenters. The van der Waals surface area contributed by atoms with Crippen molar-refractivity contribution in [1.29, 1.82) is 0 Å². The Morgan fingerprint density at radius 2 is 1.95 bits per heavy atom. The Bertz CT molecular complexity index is 460. The Kier molecular flexibility index (Phi) is 4.26. The third kappa shape index (κ3) is 3.15. The van der Waals surface area contributed by atoms with E-state index in [4.69, 9.17) is 4.74 Å². The molecule has 1 saturated heterocycles. The van der Waals surface area contributed by atoms with Crippen LogP contribution in [-0.2, 0) is 4.74 Å². The summed E-state index contributed by atoms with van der Waals surface area (Å²) in [6.45, 7) is 11.5. The molecule has 0 spiro atoms. The van der Waals surface area contributed by atoms with Crippen molar-refractivity contribution in [1.82, 2.24) is 9.88 Å². The molecular weight excluding hydrogens is 260 g/mol. The second-order valence-electron chi connectivity index (χ2n) is 5.59. The van der Waals surface area contributed by atoms with E-state index >= 15 is 0 Å². The van der Waals surface area contributed by atoms with Crippen molar-refractivity contribution in [2.24, 2.45) is 0 Å². The predicted molar refractivity (Wildman–Crippen MR) is 76.9 cm³/mol. The minimum absolute atomic E-state index is 0.101. The van der Waals surface area contributed by atoms with Gasteiger partial charge in [0.1, 0.15) is 4.88 Å². The van der Waals surface area contributed by atoms with E-state index in [1.807, 2.05) is 25.7 Å². The van der Waals surface area contributed by atoms with Crippen molar-refractivity contribution in [2.45, 2.75) is 52.7 Å². The highest BCUT2D eigenvalue weighted by Gasteiger charge is 2.29. The number of carbonyl (C=O) groups excluding carboxylic acids is 1. The number of amides is 1. The van der Waals surface area contributed by atoms with Gasteiger partial charge < -0.3 is 9.64 Å². The number of rotatable bonds is 2. The van der Waals surface area contributed by atoms with Gasteiger partial charge in [-0.05, 0) is 20.8 Å². The van der Waals surface area contributed by atoms with Crippen LogP contribution in [0.5, 0.6) is 0 Å². The van der Waals surface area contributed by atoms with Crippen molar-refractivity contribution in [3.63, 3.8) is 0 Å². The van der Waals surface area contributed by atoms with E-state index in [0.717, 1.165) is 15.6 Å². The number of hydrogen-bond donors (Lipinski definition) is 0. The van der Waals surface area contributed by atoms with Crippen LogP contribution in [0.2, 0.25) is 0 Å². The SMILES string of the molecule is Cc1nc(C(C)C)sc1C(=O)N1C[C@@H](C)O[C@@H](C)C1. The molecule has 0 aromatic carbocycles. The molecule has 0 saturated carbocycles. The van der Waals surface area contributed by atoms with Crippen LogP contribution >= 0.6 is 11.3 Å². The number of hydrogen-bond acceptors (Lipinski definition) is 4. The summed E-state index contributed by atoms with van der Waals surface area (Å²) in [4.78, 5) is 19.8. The molecule has 19 heavy (non-hydrogen) atoms. The lowest BCUT2D eigenvalue weighted by atomic mass is 10.2. The van der Waals surface area contributed by atoms with Crippen LogP contribution in [0.4, 0.5) is 0 Å². The summed E-state index contributed by atoms with van der Waals surface area (Å²) in [5.41, 5.74) is 0.852. The van der Waals surface area contributed by atoms with Crippen LogP contribution in [0.3, 0.4) is 0 Å². The molecule has 1 aliphatic heterocycles. The maximum absolute atomic E-state index is 12.6. The largest absolute Gasteiger partial charge is 0.372 e. The molecule has 0 aliphatic carbocycles. The van der Waals surface area contributed by atoms with Crippen molar-refractivity contribution in [3.05, 3.63) is 15.6 Å². The summed E-state index contributed by atoms with van der Waals surface area (Å²) >= 11 is 1.53. The molecular formula is C14H22N2O2S. The molecule has 106 valence electrons. The molecule has 0 N–H and O–H groups in total. The second kappa shape index (κ2) is 5.59. The monoisotopic (exact) mass is 282 g/mol. The van der Waals surface area contributed by atoms with Gasteiger partial charge in [-0.3, -0.25) is 4.79 Å². The fraction of sp³-hybridized carbons (Fsp3) is 0.714. The Morgan fingerprint density at radius 1 is 1.37 bits per heavy atom. The first-order valence-corrected chi connectivity index (χ1v) is 7.62. The van der Waals surface area contributed by atoms with Gasteiger partial charge in [0.25, 0.3) is 5.91 Å². The molecule has 1 fully saturated rings. The summed E-state index contributed by atoms with van der Waals surface area (Å²) in [7, 11) is 0. The number of thiazole rings is 1. The summed E-state index contributed by atoms with van der Waals surface area (Å²) in [6.07, 6.45) is 0.205. The molecule has 1 amide bonds. The fourth-order valence-electron chi connectivity index (χ4n) is 2.35. The molecule has 0 radical (unpaired) electrons. The number of carbonyl (C=O) groups is 1. The second-order valence-corrected chi connectivity index (χ2v) is 6.62. The van der Waals surface area contributed by atoms with E-state index in [1.54, 1.807) is 0 Å². The molecule has 1 aromatic heterocycles. The molecule has 2 rings (SSSR count). The number of aryl methyl sites for hydroxylation is 1. The van der Waals surface area contributed by atoms with E-state index in [0.29, 0.717) is 19.0 Å². The Hall–Kier alpha value is -0.940. The highest BCUT2D eigenvalue weighted by Crippen LogP contribution is 2.26. The highest BCUT2D eigenvalue weighted by atomic mass is 32.1. The topological polar surface area (TPSA) is 42.4 Å². The van der Waals surface area contributed by atoms with E-state index in [2.05, 4.69) is 18.8 Å². The summed E-state index contributed by atoms with van der Waals surface area (Å²) in [5.74, 6) is 0.469. The van der Waals surface area contributed by atoms with Crippen LogP contribution in [0, 0.1) is 6.92 Å². The molecule has 1 aromatic rings. The van der Waals surface area contributed by atoms with Gasteiger partial charge in [-0.15, -0.1) is 11.3 Å². The van der Waals surface area contributed by atoms with Gasteiger partial charge in [-0.25, -0.2) is 4.98 Å². The Morgan fingerprint density at radius 3 is 2.42 bits per heavy atom. The van der Waals surface area contributed by atoms with Gasteiger partial charge in [0.15, 0.2) is 0 Å². The van der Waals surface area contributed by atoms with Gasteiger partial charge >= 0.3 is 0 Å². The van der Waals surface area contributed by atoms with Crippen LogP contribution < -0.4 is 0 Å². The first-order valence-electron chi connectivity index (χ1n) is 6.80. The number of nitrogens with zero attached hydrogens (tertiary/aromatic N) is 2. The maximum Gasteiger partial charge on any atom is 0.266 e. The molecule has 5 heteroatoms. The Labute approximate surface area is 118 Å². The lowest BCUT2D eigenvalue weighted by Crippen LogP contribution is -2.48. The zero-order valence-electron chi connectivity index (χ0n) is 12.3. The first-order chi connectivity index (χ1) is 8.88. The van der Waals surface area contributed by atoms with Crippen LogP contribution in [-0.4, -0.2) is 41.1 Å². The summed E-state index contributed by atoms with van der Waals surface area (Å²) in [6, 6.07) is 0. The van der Waals surface area contributed by atoms with Gasteiger partial charge in [-0.2, -0.15) is 0 Å². The number of ether oxygens (including phenoxy) is 1. The van der Waals surface area contributed by atoms with E-state index in [-0.39, 0.29) is 18.1 Å². The number of morpholine rings is 1. The van der Waals surface area contributed by atoms with Gasteiger partial charge in [0, 0.05) is 19.0 Å². The molecule has 4 nitrogen and oxygen atoms in total. The summed E-state index contributed by atoms with van der Waals surface area (Å²) < 4.78 is 5.67. The quantitative estimate of drug-likeness (QED) is 0.837.